The molecular weight excluding hydrogens is 340 g/mol. The zero-order valence-corrected chi connectivity index (χ0v) is 15.0. The molecule has 0 amide bonds. The average molecular weight is 362 g/mol. The lowest BCUT2D eigenvalue weighted by atomic mass is 9.97. The molecule has 1 unspecified atom stereocenters. The molecule has 3 aromatic rings. The summed E-state index contributed by atoms with van der Waals surface area (Å²) >= 11 is 0. The fourth-order valence-corrected chi connectivity index (χ4v) is 3.63. The van der Waals surface area contributed by atoms with Gasteiger partial charge < -0.3 is 5.11 Å². The first-order chi connectivity index (χ1) is 13.2. The Morgan fingerprint density at radius 1 is 1.19 bits per heavy atom. The van der Waals surface area contributed by atoms with Crippen LogP contribution in [0.1, 0.15) is 18.4 Å². The number of aliphatic carboxylic acids is 1. The van der Waals surface area contributed by atoms with Crippen LogP contribution >= 0.6 is 0 Å². The van der Waals surface area contributed by atoms with Crippen LogP contribution in [0.3, 0.4) is 0 Å². The molecule has 1 aliphatic heterocycles. The number of hydrogen-bond acceptors (Lipinski definition) is 4. The Labute approximate surface area is 158 Å². The number of aromatic nitrogens is 3. The molecule has 0 aliphatic carbocycles. The molecule has 27 heavy (non-hydrogen) atoms. The van der Waals surface area contributed by atoms with Gasteiger partial charge in [0.2, 0.25) is 0 Å². The second-order valence-electron chi connectivity index (χ2n) is 6.94. The average Bonchev–Trinajstić information content (AvgIpc) is 3.13. The summed E-state index contributed by atoms with van der Waals surface area (Å²) in [4.78, 5) is 17.8. The van der Waals surface area contributed by atoms with Crippen LogP contribution in [-0.2, 0) is 11.3 Å². The van der Waals surface area contributed by atoms with Gasteiger partial charge in [-0.2, -0.15) is 5.10 Å². The highest BCUT2D eigenvalue weighted by molar-refractivity contribution is 5.70. The van der Waals surface area contributed by atoms with E-state index >= 15 is 0 Å². The second kappa shape index (κ2) is 7.72. The van der Waals surface area contributed by atoms with E-state index in [1.807, 2.05) is 59.5 Å². The van der Waals surface area contributed by atoms with Gasteiger partial charge in [-0.15, -0.1) is 0 Å². The van der Waals surface area contributed by atoms with E-state index in [9.17, 15) is 9.90 Å². The van der Waals surface area contributed by atoms with E-state index in [1.54, 1.807) is 6.20 Å². The molecule has 1 fully saturated rings. The van der Waals surface area contributed by atoms with Crippen LogP contribution in [0.25, 0.3) is 16.9 Å². The van der Waals surface area contributed by atoms with Crippen molar-refractivity contribution in [2.24, 2.45) is 5.92 Å². The lowest BCUT2D eigenvalue weighted by Crippen LogP contribution is -2.38. The predicted octanol–water partition coefficient (Wildman–Crippen LogP) is 3.23. The van der Waals surface area contributed by atoms with Gasteiger partial charge >= 0.3 is 5.97 Å². The fraction of sp³-hybridized carbons (Fsp3) is 0.286. The maximum Gasteiger partial charge on any atom is 0.307 e. The van der Waals surface area contributed by atoms with Gasteiger partial charge in [-0.1, -0.05) is 18.2 Å². The van der Waals surface area contributed by atoms with Crippen molar-refractivity contribution in [1.29, 1.82) is 0 Å². The summed E-state index contributed by atoms with van der Waals surface area (Å²) in [7, 11) is 0. The van der Waals surface area contributed by atoms with Crippen molar-refractivity contribution < 1.29 is 9.90 Å². The van der Waals surface area contributed by atoms with E-state index in [1.165, 1.54) is 0 Å². The minimum absolute atomic E-state index is 0.287. The van der Waals surface area contributed by atoms with Crippen LogP contribution in [0.4, 0.5) is 0 Å². The number of carboxylic acid groups (broad SMARTS) is 1. The van der Waals surface area contributed by atoms with E-state index in [0.717, 1.165) is 41.9 Å². The van der Waals surface area contributed by atoms with Gasteiger partial charge in [0, 0.05) is 42.8 Å². The second-order valence-corrected chi connectivity index (χ2v) is 6.94. The van der Waals surface area contributed by atoms with Gasteiger partial charge in [0.25, 0.3) is 0 Å². The third-order valence-electron chi connectivity index (χ3n) is 4.99. The lowest BCUT2D eigenvalue weighted by Gasteiger charge is -2.30. The highest BCUT2D eigenvalue weighted by Gasteiger charge is 2.26. The smallest absolute Gasteiger partial charge is 0.307 e. The first-order valence-electron chi connectivity index (χ1n) is 9.20. The van der Waals surface area contributed by atoms with E-state index in [-0.39, 0.29) is 5.92 Å². The highest BCUT2D eigenvalue weighted by Crippen LogP contribution is 2.26. The first-order valence-corrected chi connectivity index (χ1v) is 9.20. The summed E-state index contributed by atoms with van der Waals surface area (Å²) in [6.07, 6.45) is 7.27. The lowest BCUT2D eigenvalue weighted by molar-refractivity contribution is -0.143. The molecule has 0 spiro atoms. The van der Waals surface area contributed by atoms with Crippen molar-refractivity contribution in [2.75, 3.05) is 13.1 Å². The van der Waals surface area contributed by atoms with Gasteiger partial charge in [0.05, 0.1) is 17.3 Å². The topological polar surface area (TPSA) is 71.2 Å². The van der Waals surface area contributed by atoms with Crippen molar-refractivity contribution in [3.63, 3.8) is 0 Å². The van der Waals surface area contributed by atoms with Gasteiger partial charge in [-0.25, -0.2) is 4.68 Å². The quantitative estimate of drug-likeness (QED) is 0.754. The Morgan fingerprint density at radius 3 is 2.78 bits per heavy atom. The number of piperidine rings is 1. The van der Waals surface area contributed by atoms with Crippen LogP contribution in [0.2, 0.25) is 0 Å². The molecule has 1 aliphatic rings. The number of pyridine rings is 1. The monoisotopic (exact) mass is 362 g/mol. The van der Waals surface area contributed by atoms with Crippen LogP contribution in [0.5, 0.6) is 0 Å². The van der Waals surface area contributed by atoms with E-state index in [2.05, 4.69) is 9.88 Å². The number of rotatable bonds is 5. The molecule has 1 saturated heterocycles. The van der Waals surface area contributed by atoms with Crippen molar-refractivity contribution in [2.45, 2.75) is 19.4 Å². The molecular formula is C21H22N4O2. The van der Waals surface area contributed by atoms with Gasteiger partial charge in [0.1, 0.15) is 0 Å². The van der Waals surface area contributed by atoms with E-state index in [0.29, 0.717) is 13.1 Å². The van der Waals surface area contributed by atoms with Crippen LogP contribution < -0.4 is 0 Å². The molecule has 6 heteroatoms. The zero-order chi connectivity index (χ0) is 18.6. The molecule has 138 valence electrons. The molecule has 1 N–H and O–H groups in total. The van der Waals surface area contributed by atoms with Crippen LogP contribution in [0, 0.1) is 5.92 Å². The van der Waals surface area contributed by atoms with Crippen molar-refractivity contribution in [3.05, 3.63) is 66.6 Å². The minimum Gasteiger partial charge on any atom is -0.481 e. The zero-order valence-electron chi connectivity index (χ0n) is 15.0. The SMILES string of the molecule is O=C(O)C1CCCN(Cc2cn(-c3ccccc3)nc2-c2cccnc2)C1. The number of nitrogens with zero attached hydrogens (tertiary/aromatic N) is 4. The molecule has 4 rings (SSSR count). The Morgan fingerprint density at radius 2 is 2.04 bits per heavy atom. The molecule has 1 atom stereocenters. The van der Waals surface area contributed by atoms with Crippen LogP contribution in [0.15, 0.2) is 61.1 Å². The predicted molar refractivity (Wildman–Crippen MR) is 102 cm³/mol. The number of hydrogen-bond donors (Lipinski definition) is 1. The summed E-state index contributed by atoms with van der Waals surface area (Å²) in [6.45, 7) is 2.17. The number of carbonyl (C=O) groups is 1. The molecule has 3 heterocycles. The van der Waals surface area contributed by atoms with Crippen molar-refractivity contribution in [1.82, 2.24) is 19.7 Å². The summed E-state index contributed by atoms with van der Waals surface area (Å²) in [5, 5.41) is 14.2. The van der Waals surface area contributed by atoms with Crippen LogP contribution in [-0.4, -0.2) is 43.8 Å². The summed E-state index contributed by atoms with van der Waals surface area (Å²) in [5.41, 5.74) is 3.94. The first kappa shape index (κ1) is 17.4. The largest absolute Gasteiger partial charge is 0.481 e. The normalized spacial score (nSPS) is 17.7. The fourth-order valence-electron chi connectivity index (χ4n) is 3.63. The molecule has 6 nitrogen and oxygen atoms in total. The molecule has 0 bridgehead atoms. The minimum atomic E-state index is -0.702. The van der Waals surface area contributed by atoms with E-state index in [4.69, 9.17) is 5.10 Å². The van der Waals surface area contributed by atoms with Gasteiger partial charge in [0.15, 0.2) is 0 Å². The number of para-hydroxylation sites is 1. The van der Waals surface area contributed by atoms with Crippen molar-refractivity contribution >= 4 is 5.97 Å². The Balaban J connectivity index is 1.66. The summed E-state index contributed by atoms with van der Waals surface area (Å²) < 4.78 is 1.89. The van der Waals surface area contributed by atoms with Gasteiger partial charge in [-0.3, -0.25) is 14.7 Å². The number of likely N-dealkylation sites (tertiary alicyclic amines) is 1. The molecule has 0 radical (unpaired) electrons. The standard InChI is InChI=1S/C21H22N4O2/c26-21(27)17-7-5-11-24(13-17)14-18-15-25(19-8-2-1-3-9-19)23-20(18)16-6-4-10-22-12-16/h1-4,6,8-10,12,15,17H,5,7,11,13-14H2,(H,26,27). The third-order valence-corrected chi connectivity index (χ3v) is 4.99. The maximum absolute atomic E-state index is 11.4. The van der Waals surface area contributed by atoms with E-state index < -0.39 is 5.97 Å². The Bertz CT molecular complexity index is 908. The number of carboxylic acids is 1. The maximum atomic E-state index is 11.4. The summed E-state index contributed by atoms with van der Waals surface area (Å²) in [6, 6.07) is 13.9. The van der Waals surface area contributed by atoms with Crippen molar-refractivity contribution in [3.8, 4) is 16.9 Å². The summed E-state index contributed by atoms with van der Waals surface area (Å²) in [5.74, 6) is -0.989. The molecule has 2 aromatic heterocycles. The molecule has 0 saturated carbocycles. The highest BCUT2D eigenvalue weighted by atomic mass is 16.4. The Hall–Kier alpha value is -2.99. The molecule has 1 aromatic carbocycles. The van der Waals surface area contributed by atoms with Gasteiger partial charge in [-0.05, 0) is 43.7 Å². The third kappa shape index (κ3) is 3.90. The Kier molecular flexibility index (Phi) is 4.98. The number of benzene rings is 1.